The van der Waals surface area contributed by atoms with Crippen molar-refractivity contribution in [1.29, 1.82) is 0 Å². The van der Waals surface area contributed by atoms with Crippen LogP contribution in [-0.2, 0) is 0 Å². The molecule has 0 amide bonds. The van der Waals surface area contributed by atoms with Gasteiger partial charge in [-0.3, -0.25) is 0 Å². The van der Waals surface area contributed by atoms with Crippen LogP contribution in [0.4, 0.5) is 0 Å². The second kappa shape index (κ2) is 6.26. The first-order valence-electron chi connectivity index (χ1n) is 7.02. The number of nitrogens with one attached hydrogen (secondary N) is 1. The number of benzene rings is 1. The van der Waals surface area contributed by atoms with Crippen molar-refractivity contribution in [3.8, 4) is 0 Å². The molecule has 1 N–H and O–H groups in total. The summed E-state index contributed by atoms with van der Waals surface area (Å²) in [6, 6.07) is 12.7. The van der Waals surface area contributed by atoms with Crippen LogP contribution in [0.5, 0.6) is 0 Å². The Morgan fingerprint density at radius 1 is 1.29 bits per heavy atom. The summed E-state index contributed by atoms with van der Waals surface area (Å²) in [7, 11) is 0. The number of fused-ring (bicyclic) bond motifs is 1. The Hall–Kier alpha value is -1.23. The van der Waals surface area contributed by atoms with Gasteiger partial charge in [-0.1, -0.05) is 25.1 Å². The van der Waals surface area contributed by atoms with E-state index >= 15 is 0 Å². The molecule has 0 aliphatic heterocycles. The highest BCUT2D eigenvalue weighted by atomic mass is 79.9. The van der Waals surface area contributed by atoms with Crippen molar-refractivity contribution < 1.29 is 0 Å². The first-order chi connectivity index (χ1) is 10.2. The molecule has 1 unspecified atom stereocenters. The first kappa shape index (κ1) is 14.7. The maximum atomic E-state index is 4.87. The highest BCUT2D eigenvalue weighted by Gasteiger charge is 2.19. The summed E-state index contributed by atoms with van der Waals surface area (Å²) in [5.74, 6) is 0. The van der Waals surface area contributed by atoms with Gasteiger partial charge in [-0.2, -0.15) is 0 Å². The lowest BCUT2D eigenvalue weighted by Crippen LogP contribution is -2.23. The van der Waals surface area contributed by atoms with Crippen LogP contribution in [0.3, 0.4) is 0 Å². The zero-order valence-electron chi connectivity index (χ0n) is 12.1. The van der Waals surface area contributed by atoms with E-state index in [0.717, 1.165) is 27.6 Å². The topological polar surface area (TPSA) is 24.9 Å². The Kier molecular flexibility index (Phi) is 4.38. The second-order valence-corrected chi connectivity index (χ2v) is 7.00. The zero-order valence-corrected chi connectivity index (χ0v) is 14.5. The lowest BCUT2D eigenvalue weighted by Gasteiger charge is -2.18. The molecule has 21 heavy (non-hydrogen) atoms. The van der Waals surface area contributed by atoms with Crippen molar-refractivity contribution >= 4 is 38.2 Å². The van der Waals surface area contributed by atoms with Gasteiger partial charge in [0.25, 0.3) is 0 Å². The molecule has 3 rings (SSSR count). The van der Waals surface area contributed by atoms with Crippen LogP contribution >= 0.6 is 27.3 Å². The van der Waals surface area contributed by atoms with Crippen LogP contribution in [0.1, 0.15) is 29.1 Å². The quantitative estimate of drug-likeness (QED) is 0.702. The van der Waals surface area contributed by atoms with Crippen molar-refractivity contribution in [2.24, 2.45) is 0 Å². The molecule has 1 atom stereocenters. The fourth-order valence-electron chi connectivity index (χ4n) is 2.50. The number of halogens is 1. The van der Waals surface area contributed by atoms with Gasteiger partial charge in [-0.15, -0.1) is 11.3 Å². The van der Waals surface area contributed by atoms with Crippen LogP contribution in [0.15, 0.2) is 46.3 Å². The molecular formula is C17H17BrN2S. The summed E-state index contributed by atoms with van der Waals surface area (Å²) >= 11 is 5.47. The van der Waals surface area contributed by atoms with E-state index in [1.807, 2.05) is 12.1 Å². The maximum absolute atomic E-state index is 4.87. The monoisotopic (exact) mass is 360 g/mol. The minimum absolute atomic E-state index is 0.124. The molecule has 0 saturated heterocycles. The third kappa shape index (κ3) is 3.03. The van der Waals surface area contributed by atoms with Crippen LogP contribution in [0, 0.1) is 6.92 Å². The summed E-state index contributed by atoms with van der Waals surface area (Å²) in [6.07, 6.45) is 0. The van der Waals surface area contributed by atoms with E-state index in [9.17, 15) is 0 Å². The third-order valence-electron chi connectivity index (χ3n) is 3.47. The number of pyridine rings is 1. The fraction of sp³-hybridized carbons (Fsp3) is 0.235. The van der Waals surface area contributed by atoms with Gasteiger partial charge < -0.3 is 5.32 Å². The lowest BCUT2D eigenvalue weighted by atomic mass is 10.0. The number of hydrogen-bond donors (Lipinski definition) is 1. The number of aryl methyl sites for hydroxylation is 1. The molecule has 108 valence electrons. The van der Waals surface area contributed by atoms with E-state index in [1.54, 1.807) is 11.3 Å². The van der Waals surface area contributed by atoms with Crippen LogP contribution in [-0.4, -0.2) is 11.5 Å². The van der Waals surface area contributed by atoms with E-state index in [0.29, 0.717) is 0 Å². The molecule has 2 heterocycles. The highest BCUT2D eigenvalue weighted by molar-refractivity contribution is 9.10. The average Bonchev–Trinajstić information content (AvgIpc) is 2.91. The molecule has 2 nitrogen and oxygen atoms in total. The zero-order chi connectivity index (χ0) is 14.8. The summed E-state index contributed by atoms with van der Waals surface area (Å²) in [5.41, 5.74) is 3.36. The van der Waals surface area contributed by atoms with E-state index in [2.05, 4.69) is 64.7 Å². The van der Waals surface area contributed by atoms with Gasteiger partial charge in [0.1, 0.15) is 0 Å². The van der Waals surface area contributed by atoms with E-state index in [1.165, 1.54) is 10.4 Å². The van der Waals surface area contributed by atoms with Crippen molar-refractivity contribution in [2.75, 3.05) is 6.54 Å². The minimum atomic E-state index is 0.124. The highest BCUT2D eigenvalue weighted by Crippen LogP contribution is 2.31. The van der Waals surface area contributed by atoms with Gasteiger partial charge in [0.05, 0.1) is 17.3 Å². The van der Waals surface area contributed by atoms with Gasteiger partial charge in [0.2, 0.25) is 0 Å². The number of hydrogen-bond acceptors (Lipinski definition) is 3. The lowest BCUT2D eigenvalue weighted by molar-refractivity contribution is 0.616. The minimum Gasteiger partial charge on any atom is -0.305 e. The molecule has 0 radical (unpaired) electrons. The molecule has 0 bridgehead atoms. The van der Waals surface area contributed by atoms with E-state index < -0.39 is 0 Å². The maximum Gasteiger partial charge on any atom is 0.0771 e. The molecule has 0 saturated carbocycles. The largest absolute Gasteiger partial charge is 0.305 e. The van der Waals surface area contributed by atoms with Gasteiger partial charge in [-0.05, 0) is 58.5 Å². The number of thiophene rings is 1. The van der Waals surface area contributed by atoms with Gasteiger partial charge in [-0.25, -0.2) is 4.98 Å². The first-order valence-corrected chi connectivity index (χ1v) is 8.70. The number of para-hydroxylation sites is 1. The molecule has 3 aromatic rings. The standard InChI is InChI=1S/C17H17BrN2S/c1-3-19-16(13-8-11(2)21-10-13)17-14(18)9-12-6-4-5-7-15(12)20-17/h4-10,16,19H,3H2,1-2H3. The molecule has 4 heteroatoms. The summed E-state index contributed by atoms with van der Waals surface area (Å²) in [6.45, 7) is 5.17. The van der Waals surface area contributed by atoms with Crippen molar-refractivity contribution in [1.82, 2.24) is 10.3 Å². The SMILES string of the molecule is CCNC(c1csc(C)c1)c1nc2ccccc2cc1Br. The molecule has 0 fully saturated rings. The van der Waals surface area contributed by atoms with Crippen molar-refractivity contribution in [3.05, 3.63) is 62.4 Å². The Bertz CT molecular complexity index is 766. The fourth-order valence-corrected chi connectivity index (χ4v) is 3.79. The smallest absolute Gasteiger partial charge is 0.0771 e. The Balaban J connectivity index is 2.12. The second-order valence-electron chi connectivity index (χ2n) is 5.03. The Labute approximate surface area is 137 Å². The number of rotatable bonds is 4. The number of nitrogens with zero attached hydrogens (tertiary/aromatic N) is 1. The van der Waals surface area contributed by atoms with Crippen LogP contribution in [0.2, 0.25) is 0 Å². The summed E-state index contributed by atoms with van der Waals surface area (Å²) < 4.78 is 1.05. The molecule has 1 aromatic carbocycles. The Morgan fingerprint density at radius 3 is 2.81 bits per heavy atom. The third-order valence-corrected chi connectivity index (χ3v) is 4.99. The molecule has 0 spiro atoms. The summed E-state index contributed by atoms with van der Waals surface area (Å²) in [5, 5.41) is 6.92. The Morgan fingerprint density at radius 2 is 2.10 bits per heavy atom. The van der Waals surface area contributed by atoms with Crippen LogP contribution in [0.25, 0.3) is 10.9 Å². The molecule has 0 aliphatic rings. The van der Waals surface area contributed by atoms with E-state index in [-0.39, 0.29) is 6.04 Å². The number of aromatic nitrogens is 1. The van der Waals surface area contributed by atoms with Crippen molar-refractivity contribution in [2.45, 2.75) is 19.9 Å². The molecule has 0 aliphatic carbocycles. The predicted octanol–water partition coefficient (Wildman–Crippen LogP) is 5.07. The van der Waals surface area contributed by atoms with E-state index in [4.69, 9.17) is 4.98 Å². The molecule has 2 aromatic heterocycles. The van der Waals surface area contributed by atoms with Crippen molar-refractivity contribution in [3.63, 3.8) is 0 Å². The van der Waals surface area contributed by atoms with Gasteiger partial charge in [0, 0.05) is 14.7 Å². The van der Waals surface area contributed by atoms with Crippen LogP contribution < -0.4 is 5.32 Å². The predicted molar refractivity (Wildman–Crippen MR) is 94.0 cm³/mol. The van der Waals surface area contributed by atoms with Gasteiger partial charge in [0.15, 0.2) is 0 Å². The normalized spacial score (nSPS) is 12.7. The summed E-state index contributed by atoms with van der Waals surface area (Å²) in [4.78, 5) is 6.20. The van der Waals surface area contributed by atoms with Gasteiger partial charge >= 0.3 is 0 Å². The molecular weight excluding hydrogens is 344 g/mol. The average molecular weight is 361 g/mol.